The molecule has 4 rings (SSSR count). The summed E-state index contributed by atoms with van der Waals surface area (Å²) in [5, 5.41) is 4.19. The Morgan fingerprint density at radius 1 is 1.08 bits per heavy atom. The molecule has 1 atom stereocenters. The molecule has 0 spiro atoms. The van der Waals surface area contributed by atoms with Gasteiger partial charge in [-0.1, -0.05) is 12.1 Å². The van der Waals surface area contributed by atoms with Crippen LogP contribution in [0.25, 0.3) is 0 Å². The molecule has 4 heteroatoms. The molecule has 0 bridgehead atoms. The molecule has 0 radical (unpaired) electrons. The lowest BCUT2D eigenvalue weighted by Gasteiger charge is -2.24. The summed E-state index contributed by atoms with van der Waals surface area (Å²) < 4.78 is 0. The first-order valence-electron chi connectivity index (χ1n) is 9.19. The van der Waals surface area contributed by atoms with Gasteiger partial charge in [0.05, 0.1) is 6.04 Å². The molecule has 1 aromatic heterocycles. The van der Waals surface area contributed by atoms with E-state index >= 15 is 0 Å². The van der Waals surface area contributed by atoms with Crippen molar-refractivity contribution < 1.29 is 9.59 Å². The molecule has 0 N–H and O–H groups in total. The first-order valence-corrected chi connectivity index (χ1v) is 10.1. The number of nitrogens with zero attached hydrogens (tertiary/aromatic N) is 1. The maximum atomic E-state index is 12.7. The Balaban J connectivity index is 1.37. The second-order valence-electron chi connectivity index (χ2n) is 7.06. The lowest BCUT2D eigenvalue weighted by atomic mass is 10.0. The molecule has 130 valence electrons. The molecule has 1 aliphatic heterocycles. The fraction of sp³-hybridized carbons (Fsp3) is 0.429. The fourth-order valence-electron chi connectivity index (χ4n) is 4.13. The lowest BCUT2D eigenvalue weighted by Crippen LogP contribution is -2.30. The number of rotatable bonds is 5. The Kier molecular flexibility index (Phi) is 4.71. The van der Waals surface area contributed by atoms with Crippen LogP contribution >= 0.6 is 11.3 Å². The molecular weight excluding hydrogens is 330 g/mol. The average molecular weight is 353 g/mol. The molecule has 1 saturated heterocycles. The number of benzene rings is 1. The van der Waals surface area contributed by atoms with Gasteiger partial charge in [0.1, 0.15) is 0 Å². The molecule has 2 aromatic rings. The summed E-state index contributed by atoms with van der Waals surface area (Å²) >= 11 is 1.67. The first-order chi connectivity index (χ1) is 12.2. The van der Waals surface area contributed by atoms with Crippen LogP contribution < -0.4 is 0 Å². The summed E-state index contributed by atoms with van der Waals surface area (Å²) in [5.41, 5.74) is 4.70. The minimum atomic E-state index is 0.0920. The molecule has 25 heavy (non-hydrogen) atoms. The maximum Gasteiger partial charge on any atom is 0.223 e. The predicted molar refractivity (Wildman–Crippen MR) is 100 cm³/mol. The van der Waals surface area contributed by atoms with E-state index in [0.29, 0.717) is 12.8 Å². The highest BCUT2D eigenvalue weighted by Gasteiger charge is 2.30. The third-order valence-electron chi connectivity index (χ3n) is 5.49. The summed E-state index contributed by atoms with van der Waals surface area (Å²) in [7, 11) is 0. The summed E-state index contributed by atoms with van der Waals surface area (Å²) in [5.74, 6) is 0.206. The number of hydrogen-bond acceptors (Lipinski definition) is 3. The van der Waals surface area contributed by atoms with Crippen molar-refractivity contribution in [2.45, 2.75) is 51.0 Å². The monoisotopic (exact) mass is 353 g/mol. The number of carbonyl (C=O) groups is 2. The standard InChI is InChI=1S/C21H23NO2S/c23-20(17-7-6-15-3-1-4-16(15)13-17)8-9-21(24)22-11-2-5-19(22)18-10-12-25-14-18/h6-7,10,12-14,19H,1-5,8-9,11H2/t19-/m1/s1. The highest BCUT2D eigenvalue weighted by atomic mass is 32.1. The lowest BCUT2D eigenvalue weighted by molar-refractivity contribution is -0.132. The van der Waals surface area contributed by atoms with Gasteiger partial charge in [0.25, 0.3) is 0 Å². The highest BCUT2D eigenvalue weighted by Crippen LogP contribution is 2.33. The maximum absolute atomic E-state index is 12.7. The number of Topliss-reactive ketones (excluding diaryl/α,β-unsaturated/α-hetero) is 1. The van der Waals surface area contributed by atoms with E-state index in [9.17, 15) is 9.59 Å². The summed E-state index contributed by atoms with van der Waals surface area (Å²) in [6, 6.07) is 8.37. The van der Waals surface area contributed by atoms with E-state index in [1.807, 2.05) is 17.0 Å². The van der Waals surface area contributed by atoms with Crippen LogP contribution in [-0.4, -0.2) is 23.1 Å². The van der Waals surface area contributed by atoms with Crippen molar-refractivity contribution in [2.24, 2.45) is 0 Å². The van der Waals surface area contributed by atoms with Crippen molar-refractivity contribution in [3.05, 3.63) is 57.3 Å². The fourth-order valence-corrected chi connectivity index (χ4v) is 4.84. The summed E-state index contributed by atoms with van der Waals surface area (Å²) in [6.45, 7) is 0.812. The number of thiophene rings is 1. The van der Waals surface area contributed by atoms with Crippen LogP contribution in [0.5, 0.6) is 0 Å². The molecule has 1 fully saturated rings. The minimum Gasteiger partial charge on any atom is -0.336 e. The van der Waals surface area contributed by atoms with Gasteiger partial charge < -0.3 is 4.90 Å². The molecule has 1 amide bonds. The third-order valence-corrected chi connectivity index (χ3v) is 6.19. The van der Waals surface area contributed by atoms with Gasteiger partial charge in [-0.2, -0.15) is 11.3 Å². The zero-order valence-electron chi connectivity index (χ0n) is 14.4. The molecule has 0 saturated carbocycles. The third kappa shape index (κ3) is 3.40. The molecule has 1 aromatic carbocycles. The number of ketones is 1. The second-order valence-corrected chi connectivity index (χ2v) is 7.84. The van der Waals surface area contributed by atoms with E-state index in [2.05, 4.69) is 22.9 Å². The van der Waals surface area contributed by atoms with Crippen molar-refractivity contribution in [3.63, 3.8) is 0 Å². The van der Waals surface area contributed by atoms with E-state index in [-0.39, 0.29) is 17.7 Å². The van der Waals surface area contributed by atoms with Crippen molar-refractivity contribution in [1.29, 1.82) is 0 Å². The van der Waals surface area contributed by atoms with Crippen LogP contribution in [0, 0.1) is 0 Å². The van der Waals surface area contributed by atoms with Gasteiger partial charge >= 0.3 is 0 Å². The van der Waals surface area contributed by atoms with Crippen molar-refractivity contribution in [3.8, 4) is 0 Å². The molecule has 0 unspecified atom stereocenters. The quantitative estimate of drug-likeness (QED) is 0.739. The number of fused-ring (bicyclic) bond motifs is 1. The van der Waals surface area contributed by atoms with E-state index in [0.717, 1.165) is 37.8 Å². The van der Waals surface area contributed by atoms with Crippen LogP contribution in [0.15, 0.2) is 35.0 Å². The predicted octanol–water partition coefficient (Wildman–Crippen LogP) is 4.56. The zero-order valence-corrected chi connectivity index (χ0v) is 15.2. The Bertz CT molecular complexity index is 781. The average Bonchev–Trinajstić information content (AvgIpc) is 3.38. The Hall–Kier alpha value is -1.94. The highest BCUT2D eigenvalue weighted by molar-refractivity contribution is 7.08. The van der Waals surface area contributed by atoms with Gasteiger partial charge in [0.2, 0.25) is 5.91 Å². The smallest absolute Gasteiger partial charge is 0.223 e. The number of hydrogen-bond donors (Lipinski definition) is 0. The van der Waals surface area contributed by atoms with E-state index in [4.69, 9.17) is 0 Å². The minimum absolute atomic E-state index is 0.0920. The van der Waals surface area contributed by atoms with Crippen LogP contribution in [0.2, 0.25) is 0 Å². The number of carbonyl (C=O) groups excluding carboxylic acids is 2. The van der Waals surface area contributed by atoms with Crippen LogP contribution in [-0.2, 0) is 17.6 Å². The Labute approximate surface area is 152 Å². The first kappa shape index (κ1) is 16.5. The van der Waals surface area contributed by atoms with E-state index < -0.39 is 0 Å². The molecule has 1 aliphatic carbocycles. The van der Waals surface area contributed by atoms with Crippen molar-refractivity contribution >= 4 is 23.0 Å². The van der Waals surface area contributed by atoms with Crippen molar-refractivity contribution in [2.75, 3.05) is 6.54 Å². The van der Waals surface area contributed by atoms with Crippen LogP contribution in [0.1, 0.15) is 65.2 Å². The molecular formula is C21H23NO2S. The van der Waals surface area contributed by atoms with Gasteiger partial charge in [-0.25, -0.2) is 0 Å². The summed E-state index contributed by atoms with van der Waals surface area (Å²) in [4.78, 5) is 27.1. The molecule has 2 aliphatic rings. The molecule has 3 nitrogen and oxygen atoms in total. The van der Waals surface area contributed by atoms with Crippen molar-refractivity contribution in [1.82, 2.24) is 4.90 Å². The Morgan fingerprint density at radius 3 is 2.80 bits per heavy atom. The van der Waals surface area contributed by atoms with Gasteiger partial charge in [0.15, 0.2) is 5.78 Å². The zero-order chi connectivity index (χ0) is 17.2. The SMILES string of the molecule is O=C(CCC(=O)N1CCC[C@@H]1c1ccsc1)c1ccc2c(c1)CCC2. The topological polar surface area (TPSA) is 37.4 Å². The van der Waals surface area contributed by atoms with E-state index in [1.165, 1.54) is 23.1 Å². The van der Waals surface area contributed by atoms with Gasteiger partial charge in [-0.15, -0.1) is 0 Å². The van der Waals surface area contributed by atoms with Gasteiger partial charge in [-0.3, -0.25) is 9.59 Å². The van der Waals surface area contributed by atoms with Gasteiger partial charge in [0, 0.05) is 24.9 Å². The number of likely N-dealkylation sites (tertiary alicyclic amines) is 1. The normalized spacial score (nSPS) is 19.2. The second kappa shape index (κ2) is 7.12. The number of aryl methyl sites for hydroxylation is 2. The van der Waals surface area contributed by atoms with Crippen LogP contribution in [0.4, 0.5) is 0 Å². The van der Waals surface area contributed by atoms with Crippen LogP contribution in [0.3, 0.4) is 0 Å². The Morgan fingerprint density at radius 2 is 1.96 bits per heavy atom. The van der Waals surface area contributed by atoms with E-state index in [1.54, 1.807) is 11.3 Å². The largest absolute Gasteiger partial charge is 0.336 e. The number of amides is 1. The molecule has 2 heterocycles. The van der Waals surface area contributed by atoms with Gasteiger partial charge in [-0.05, 0) is 71.7 Å². The summed E-state index contributed by atoms with van der Waals surface area (Å²) in [6.07, 6.45) is 6.09.